The summed E-state index contributed by atoms with van der Waals surface area (Å²) in [5.41, 5.74) is 4.03. The van der Waals surface area contributed by atoms with Gasteiger partial charge in [0.05, 0.1) is 11.4 Å². The fourth-order valence-corrected chi connectivity index (χ4v) is 3.71. The number of aromatic nitrogens is 4. The summed E-state index contributed by atoms with van der Waals surface area (Å²) >= 11 is 0. The van der Waals surface area contributed by atoms with Crippen LogP contribution < -0.4 is 9.80 Å². The maximum absolute atomic E-state index is 4.50. The van der Waals surface area contributed by atoms with E-state index in [4.69, 9.17) is 0 Å². The van der Waals surface area contributed by atoms with Crippen LogP contribution in [0.1, 0.15) is 0 Å². The smallest absolute Gasteiger partial charge is 0.151 e. The van der Waals surface area contributed by atoms with E-state index in [1.54, 1.807) is 6.33 Å². The van der Waals surface area contributed by atoms with Crippen LogP contribution in [-0.2, 0) is 0 Å². The summed E-state index contributed by atoms with van der Waals surface area (Å²) in [4.78, 5) is 13.5. The van der Waals surface area contributed by atoms with Gasteiger partial charge in [0, 0.05) is 43.4 Å². The molecular formula is C24H22N6. The SMILES string of the molecule is c1ccc(-c2cc(N3CCN(c4ccc(-c5ccccc5)nn4)CC3)ncn2)cc1. The summed E-state index contributed by atoms with van der Waals surface area (Å²) in [6.07, 6.45) is 1.65. The van der Waals surface area contributed by atoms with Gasteiger partial charge in [0.2, 0.25) is 0 Å². The van der Waals surface area contributed by atoms with E-state index < -0.39 is 0 Å². The monoisotopic (exact) mass is 394 g/mol. The average Bonchev–Trinajstić information content (AvgIpc) is 2.85. The molecule has 2 aromatic carbocycles. The van der Waals surface area contributed by atoms with Crippen LogP contribution in [0.3, 0.4) is 0 Å². The van der Waals surface area contributed by atoms with E-state index >= 15 is 0 Å². The van der Waals surface area contributed by atoms with Crippen LogP contribution in [0, 0.1) is 0 Å². The van der Waals surface area contributed by atoms with Crippen molar-refractivity contribution in [2.45, 2.75) is 0 Å². The van der Waals surface area contributed by atoms with E-state index in [1.807, 2.05) is 54.6 Å². The maximum Gasteiger partial charge on any atom is 0.151 e. The molecule has 1 fully saturated rings. The third-order valence-corrected chi connectivity index (χ3v) is 5.37. The van der Waals surface area contributed by atoms with Crippen molar-refractivity contribution >= 4 is 11.6 Å². The van der Waals surface area contributed by atoms with Crippen LogP contribution >= 0.6 is 0 Å². The first kappa shape index (κ1) is 18.2. The molecule has 0 spiro atoms. The average molecular weight is 394 g/mol. The Bertz CT molecular complexity index is 1090. The van der Waals surface area contributed by atoms with Crippen LogP contribution in [-0.4, -0.2) is 46.3 Å². The van der Waals surface area contributed by atoms with Crippen molar-refractivity contribution in [1.82, 2.24) is 20.2 Å². The zero-order valence-corrected chi connectivity index (χ0v) is 16.6. The highest BCUT2D eigenvalue weighted by Gasteiger charge is 2.20. The Labute approximate surface area is 175 Å². The molecule has 1 aliphatic rings. The summed E-state index contributed by atoms with van der Waals surface area (Å²) in [6.45, 7) is 3.52. The first-order valence-corrected chi connectivity index (χ1v) is 10.1. The lowest BCUT2D eigenvalue weighted by molar-refractivity contribution is 0.638. The Kier molecular flexibility index (Phi) is 5.04. The molecule has 0 radical (unpaired) electrons. The standard InChI is InChI=1S/C24H22N6/c1-3-7-19(8-4-1)21-11-12-23(28-27-21)29-13-15-30(16-14-29)24-17-22(25-18-26-24)20-9-5-2-6-10-20/h1-12,17-18H,13-16H2. The minimum absolute atomic E-state index is 0.879. The van der Waals surface area contributed by atoms with Crippen molar-refractivity contribution in [3.8, 4) is 22.5 Å². The molecule has 0 N–H and O–H groups in total. The van der Waals surface area contributed by atoms with Crippen molar-refractivity contribution in [1.29, 1.82) is 0 Å². The molecule has 0 atom stereocenters. The first-order chi connectivity index (χ1) is 14.9. The normalized spacial score (nSPS) is 14.0. The zero-order chi connectivity index (χ0) is 20.2. The van der Waals surface area contributed by atoms with E-state index in [0.29, 0.717) is 0 Å². The van der Waals surface area contributed by atoms with Crippen molar-refractivity contribution in [3.63, 3.8) is 0 Å². The molecule has 5 rings (SSSR count). The molecule has 148 valence electrons. The predicted molar refractivity (Wildman–Crippen MR) is 119 cm³/mol. The van der Waals surface area contributed by atoms with Crippen molar-refractivity contribution < 1.29 is 0 Å². The zero-order valence-electron chi connectivity index (χ0n) is 16.6. The molecule has 0 unspecified atom stereocenters. The Morgan fingerprint density at radius 3 is 1.73 bits per heavy atom. The van der Waals surface area contributed by atoms with Gasteiger partial charge in [-0.15, -0.1) is 10.2 Å². The molecule has 1 aliphatic heterocycles. The molecule has 30 heavy (non-hydrogen) atoms. The van der Waals surface area contributed by atoms with E-state index in [1.165, 1.54) is 0 Å². The van der Waals surface area contributed by atoms with Crippen molar-refractivity contribution in [2.75, 3.05) is 36.0 Å². The van der Waals surface area contributed by atoms with Gasteiger partial charge < -0.3 is 9.80 Å². The molecule has 6 nitrogen and oxygen atoms in total. The van der Waals surface area contributed by atoms with Crippen molar-refractivity contribution in [2.24, 2.45) is 0 Å². The van der Waals surface area contributed by atoms with Crippen LogP contribution in [0.5, 0.6) is 0 Å². The number of hydrogen-bond acceptors (Lipinski definition) is 6. The van der Waals surface area contributed by atoms with Crippen LogP contribution in [0.25, 0.3) is 22.5 Å². The molecule has 0 amide bonds. The molecule has 4 aromatic rings. The van der Waals surface area contributed by atoms with Crippen LogP contribution in [0.15, 0.2) is 85.2 Å². The summed E-state index contributed by atoms with van der Waals surface area (Å²) in [6, 6.07) is 26.5. The Morgan fingerprint density at radius 2 is 1.13 bits per heavy atom. The van der Waals surface area contributed by atoms with Crippen LogP contribution in [0.2, 0.25) is 0 Å². The molecule has 0 aliphatic carbocycles. The van der Waals surface area contributed by atoms with Gasteiger partial charge >= 0.3 is 0 Å². The lowest BCUT2D eigenvalue weighted by atomic mass is 10.1. The predicted octanol–water partition coefficient (Wildman–Crippen LogP) is 3.93. The van der Waals surface area contributed by atoms with E-state index in [9.17, 15) is 0 Å². The number of piperazine rings is 1. The third kappa shape index (κ3) is 3.85. The highest BCUT2D eigenvalue weighted by molar-refractivity contribution is 5.63. The highest BCUT2D eigenvalue weighted by atomic mass is 15.3. The second-order valence-corrected chi connectivity index (χ2v) is 7.24. The highest BCUT2D eigenvalue weighted by Crippen LogP contribution is 2.23. The van der Waals surface area contributed by atoms with Gasteiger partial charge in [-0.25, -0.2) is 9.97 Å². The maximum atomic E-state index is 4.50. The topological polar surface area (TPSA) is 58.0 Å². The van der Waals surface area contributed by atoms with E-state index in [-0.39, 0.29) is 0 Å². The molecule has 0 bridgehead atoms. The largest absolute Gasteiger partial charge is 0.353 e. The van der Waals surface area contributed by atoms with Gasteiger partial charge in [0.15, 0.2) is 5.82 Å². The second-order valence-electron chi connectivity index (χ2n) is 7.24. The van der Waals surface area contributed by atoms with Gasteiger partial charge in [-0.2, -0.15) is 0 Å². The lowest BCUT2D eigenvalue weighted by Crippen LogP contribution is -2.47. The first-order valence-electron chi connectivity index (χ1n) is 10.1. The second kappa shape index (κ2) is 8.29. The minimum Gasteiger partial charge on any atom is -0.353 e. The summed E-state index contributed by atoms with van der Waals surface area (Å²) in [5, 5.41) is 8.88. The molecule has 6 heteroatoms. The van der Waals surface area contributed by atoms with Gasteiger partial charge in [0.25, 0.3) is 0 Å². The van der Waals surface area contributed by atoms with E-state index in [2.05, 4.69) is 54.2 Å². The Balaban J connectivity index is 1.26. The van der Waals surface area contributed by atoms with Gasteiger partial charge in [-0.05, 0) is 12.1 Å². The summed E-state index contributed by atoms with van der Waals surface area (Å²) in [7, 11) is 0. The third-order valence-electron chi connectivity index (χ3n) is 5.37. The van der Waals surface area contributed by atoms with Gasteiger partial charge in [-0.3, -0.25) is 0 Å². The molecule has 2 aromatic heterocycles. The van der Waals surface area contributed by atoms with Crippen LogP contribution in [0.4, 0.5) is 11.6 Å². The van der Waals surface area contributed by atoms with E-state index in [0.717, 1.165) is 60.3 Å². The number of rotatable bonds is 4. The molecular weight excluding hydrogens is 372 g/mol. The molecule has 0 saturated carbocycles. The number of hydrogen-bond donors (Lipinski definition) is 0. The quantitative estimate of drug-likeness (QED) is 0.523. The number of benzene rings is 2. The molecule has 1 saturated heterocycles. The fraction of sp³-hybridized carbons (Fsp3) is 0.167. The lowest BCUT2D eigenvalue weighted by Gasteiger charge is -2.35. The summed E-state index contributed by atoms with van der Waals surface area (Å²) in [5.74, 6) is 1.89. The van der Waals surface area contributed by atoms with Gasteiger partial charge in [0.1, 0.15) is 12.1 Å². The number of anilines is 2. The minimum atomic E-state index is 0.879. The molecule has 3 heterocycles. The van der Waals surface area contributed by atoms with Crippen molar-refractivity contribution in [3.05, 3.63) is 85.2 Å². The van der Waals surface area contributed by atoms with Gasteiger partial charge in [-0.1, -0.05) is 60.7 Å². The number of nitrogens with zero attached hydrogens (tertiary/aromatic N) is 6. The fourth-order valence-electron chi connectivity index (χ4n) is 3.71. The summed E-state index contributed by atoms with van der Waals surface area (Å²) < 4.78 is 0. The Hall–Kier alpha value is -3.80. The Morgan fingerprint density at radius 1 is 0.533 bits per heavy atom.